The number of rotatable bonds is 6. The summed E-state index contributed by atoms with van der Waals surface area (Å²) >= 11 is 0. The average molecular weight is 469 g/mol. The highest BCUT2D eigenvalue weighted by atomic mass is 16.5. The van der Waals surface area contributed by atoms with E-state index in [1.54, 1.807) is 17.2 Å². The molecule has 6 heteroatoms. The van der Waals surface area contributed by atoms with Gasteiger partial charge < -0.3 is 9.15 Å². The Hall–Kier alpha value is -3.93. The third kappa shape index (κ3) is 4.20. The molecule has 0 N–H and O–H groups in total. The van der Waals surface area contributed by atoms with Gasteiger partial charge in [-0.2, -0.15) is 0 Å². The summed E-state index contributed by atoms with van der Waals surface area (Å²) < 4.78 is 12.0. The lowest BCUT2D eigenvalue weighted by Crippen LogP contribution is -2.30. The van der Waals surface area contributed by atoms with Crippen LogP contribution in [0.4, 0.5) is 5.82 Å². The van der Waals surface area contributed by atoms with Crippen molar-refractivity contribution in [3.8, 4) is 5.75 Å². The molecule has 0 spiro atoms. The lowest BCUT2D eigenvalue weighted by atomic mass is 9.98. The molecule has 0 unspecified atom stereocenters. The predicted octanol–water partition coefficient (Wildman–Crippen LogP) is 5.98. The molecule has 35 heavy (non-hydrogen) atoms. The number of carbonyl (C=O) groups is 1. The van der Waals surface area contributed by atoms with Crippen molar-refractivity contribution in [2.75, 3.05) is 11.5 Å². The Bertz CT molecular complexity index is 1490. The van der Waals surface area contributed by atoms with E-state index in [-0.39, 0.29) is 17.1 Å². The zero-order valence-electron chi connectivity index (χ0n) is 20.4. The van der Waals surface area contributed by atoms with Gasteiger partial charge in [-0.05, 0) is 73.7 Å². The van der Waals surface area contributed by atoms with Crippen LogP contribution in [0.25, 0.3) is 11.0 Å². The van der Waals surface area contributed by atoms with Crippen LogP contribution in [-0.4, -0.2) is 17.5 Å². The molecule has 4 aromatic rings. The number of amides is 1. The first-order valence-corrected chi connectivity index (χ1v) is 11.9. The summed E-state index contributed by atoms with van der Waals surface area (Å²) in [5.74, 6) is 1.38. The Labute approximate surface area is 204 Å². The lowest BCUT2D eigenvalue weighted by Gasteiger charge is -2.24. The van der Waals surface area contributed by atoms with Crippen LogP contribution in [0.5, 0.6) is 5.75 Å². The van der Waals surface area contributed by atoms with Gasteiger partial charge in [-0.1, -0.05) is 37.6 Å². The fourth-order valence-electron chi connectivity index (χ4n) is 4.48. The van der Waals surface area contributed by atoms with Gasteiger partial charge in [0.1, 0.15) is 17.2 Å². The van der Waals surface area contributed by atoms with Crippen molar-refractivity contribution in [2.24, 2.45) is 5.92 Å². The largest absolute Gasteiger partial charge is 0.494 e. The zero-order valence-corrected chi connectivity index (χ0v) is 20.4. The van der Waals surface area contributed by atoms with Crippen molar-refractivity contribution in [2.45, 2.75) is 40.2 Å². The summed E-state index contributed by atoms with van der Waals surface area (Å²) in [5, 5.41) is 0.463. The van der Waals surface area contributed by atoms with Crippen LogP contribution in [0, 0.1) is 19.8 Å². The monoisotopic (exact) mass is 468 g/mol. The second-order valence-electron chi connectivity index (χ2n) is 9.55. The Kier molecular flexibility index (Phi) is 5.89. The maximum absolute atomic E-state index is 13.8. The number of hydrogen-bond donors (Lipinski definition) is 0. The molecule has 2 aromatic heterocycles. The van der Waals surface area contributed by atoms with Crippen molar-refractivity contribution in [1.82, 2.24) is 4.98 Å². The maximum atomic E-state index is 13.8. The summed E-state index contributed by atoms with van der Waals surface area (Å²) in [6, 6.07) is 16.0. The van der Waals surface area contributed by atoms with E-state index < -0.39 is 6.04 Å². The van der Waals surface area contributed by atoms with Crippen molar-refractivity contribution < 1.29 is 13.9 Å². The summed E-state index contributed by atoms with van der Waals surface area (Å²) in [5.41, 5.74) is 3.20. The van der Waals surface area contributed by atoms with E-state index in [4.69, 9.17) is 9.15 Å². The fraction of sp³-hybridized carbons (Fsp3) is 0.276. The molecule has 1 atom stereocenters. The van der Waals surface area contributed by atoms with Crippen LogP contribution in [0.3, 0.4) is 0 Å². The molecule has 1 amide bonds. The molecule has 0 radical (unpaired) electrons. The highest BCUT2D eigenvalue weighted by molar-refractivity contribution is 6.10. The number of fused-ring (bicyclic) bond motifs is 2. The first-order chi connectivity index (χ1) is 16.8. The molecule has 0 saturated heterocycles. The summed E-state index contributed by atoms with van der Waals surface area (Å²) in [7, 11) is 0. The zero-order chi connectivity index (χ0) is 24.7. The SMILES string of the molecule is Cc1ccnc(N2C(=O)c3oc4ccc(C)cc4c(=O)c3[C@@H]2c2cccc(OCCC(C)C)c2)c1. The lowest BCUT2D eigenvalue weighted by molar-refractivity contribution is 0.0970. The van der Waals surface area contributed by atoms with Crippen LogP contribution in [0.15, 0.2) is 70.0 Å². The molecule has 0 aliphatic carbocycles. The van der Waals surface area contributed by atoms with Gasteiger partial charge in [0.15, 0.2) is 5.43 Å². The van der Waals surface area contributed by atoms with Gasteiger partial charge in [0.25, 0.3) is 5.91 Å². The standard InChI is InChI=1S/C29H28N2O4/c1-17(2)11-13-34-21-7-5-6-20(16-21)26-25-27(32)22-14-18(3)8-9-23(22)35-28(25)29(33)31(26)24-15-19(4)10-12-30-24/h5-10,12,14-17,26H,11,13H2,1-4H3/t26-/m0/s1. The van der Waals surface area contributed by atoms with E-state index in [0.29, 0.717) is 40.6 Å². The number of hydrogen-bond acceptors (Lipinski definition) is 5. The minimum absolute atomic E-state index is 0.0609. The Balaban J connectivity index is 1.69. The van der Waals surface area contributed by atoms with E-state index in [0.717, 1.165) is 23.1 Å². The Morgan fingerprint density at radius 2 is 1.83 bits per heavy atom. The van der Waals surface area contributed by atoms with Crippen LogP contribution < -0.4 is 15.1 Å². The van der Waals surface area contributed by atoms with Gasteiger partial charge in [-0.25, -0.2) is 4.98 Å². The highest BCUT2D eigenvalue weighted by Gasteiger charge is 2.44. The Morgan fingerprint density at radius 3 is 2.60 bits per heavy atom. The molecule has 1 aliphatic rings. The number of carbonyl (C=O) groups excluding carboxylic acids is 1. The molecule has 0 saturated carbocycles. The molecule has 6 nitrogen and oxygen atoms in total. The van der Waals surface area contributed by atoms with Crippen molar-refractivity contribution >= 4 is 22.7 Å². The predicted molar refractivity (Wildman–Crippen MR) is 136 cm³/mol. The Morgan fingerprint density at radius 1 is 1.03 bits per heavy atom. The molecule has 1 aliphatic heterocycles. The van der Waals surface area contributed by atoms with E-state index in [1.807, 2.05) is 62.4 Å². The average Bonchev–Trinajstić information content (AvgIpc) is 3.12. The van der Waals surface area contributed by atoms with E-state index in [9.17, 15) is 9.59 Å². The van der Waals surface area contributed by atoms with Crippen molar-refractivity contribution in [3.63, 3.8) is 0 Å². The van der Waals surface area contributed by atoms with Gasteiger partial charge >= 0.3 is 0 Å². The van der Waals surface area contributed by atoms with Crippen LogP contribution in [0.1, 0.15) is 59.1 Å². The molecule has 0 bridgehead atoms. The van der Waals surface area contributed by atoms with E-state index in [2.05, 4.69) is 18.8 Å². The van der Waals surface area contributed by atoms with E-state index in [1.165, 1.54) is 0 Å². The minimum Gasteiger partial charge on any atom is -0.494 e. The van der Waals surface area contributed by atoms with Gasteiger partial charge in [0.2, 0.25) is 5.76 Å². The third-order valence-corrected chi connectivity index (χ3v) is 6.31. The number of aryl methyl sites for hydroxylation is 2. The number of benzene rings is 2. The normalized spacial score (nSPS) is 15.2. The molecule has 5 rings (SSSR count). The summed E-state index contributed by atoms with van der Waals surface area (Å²) in [4.78, 5) is 33.5. The number of ether oxygens (including phenoxy) is 1. The fourth-order valence-corrected chi connectivity index (χ4v) is 4.48. The molecular weight excluding hydrogens is 440 g/mol. The summed E-state index contributed by atoms with van der Waals surface area (Å²) in [6.45, 7) is 8.77. The smallest absolute Gasteiger partial charge is 0.296 e. The van der Waals surface area contributed by atoms with Crippen molar-refractivity contribution in [3.05, 3.63) is 99.0 Å². The molecule has 0 fully saturated rings. The van der Waals surface area contributed by atoms with E-state index >= 15 is 0 Å². The van der Waals surface area contributed by atoms with Crippen LogP contribution in [-0.2, 0) is 0 Å². The first-order valence-electron chi connectivity index (χ1n) is 11.9. The number of nitrogens with zero attached hydrogens (tertiary/aromatic N) is 2. The molecule has 178 valence electrons. The van der Waals surface area contributed by atoms with Gasteiger partial charge in [-0.3, -0.25) is 14.5 Å². The summed E-state index contributed by atoms with van der Waals surface area (Å²) in [6.07, 6.45) is 2.60. The van der Waals surface area contributed by atoms with Crippen molar-refractivity contribution in [1.29, 1.82) is 0 Å². The molecule has 2 aromatic carbocycles. The number of pyridine rings is 1. The number of anilines is 1. The van der Waals surface area contributed by atoms with Crippen LogP contribution in [0.2, 0.25) is 0 Å². The first kappa shape index (κ1) is 22.8. The second-order valence-corrected chi connectivity index (χ2v) is 9.55. The number of aromatic nitrogens is 1. The van der Waals surface area contributed by atoms with Crippen LogP contribution >= 0.6 is 0 Å². The van der Waals surface area contributed by atoms with Gasteiger partial charge in [0, 0.05) is 6.20 Å². The maximum Gasteiger partial charge on any atom is 0.296 e. The third-order valence-electron chi connectivity index (χ3n) is 6.31. The minimum atomic E-state index is -0.679. The highest BCUT2D eigenvalue weighted by Crippen LogP contribution is 2.41. The topological polar surface area (TPSA) is 72.6 Å². The quantitative estimate of drug-likeness (QED) is 0.348. The van der Waals surface area contributed by atoms with Gasteiger partial charge in [0.05, 0.1) is 23.6 Å². The molecule has 3 heterocycles. The molecular formula is C29H28N2O4. The van der Waals surface area contributed by atoms with Gasteiger partial charge in [-0.15, -0.1) is 0 Å². The second kappa shape index (κ2) is 9.02.